The summed E-state index contributed by atoms with van der Waals surface area (Å²) in [5.74, 6) is -0.855. The van der Waals surface area contributed by atoms with Crippen LogP contribution in [0.2, 0.25) is 0 Å². The van der Waals surface area contributed by atoms with E-state index in [1.807, 2.05) is 30.3 Å². The Kier molecular flexibility index (Phi) is 7.65. The van der Waals surface area contributed by atoms with Crippen LogP contribution in [0.1, 0.15) is 21.5 Å². The molecule has 2 N–H and O–H groups in total. The summed E-state index contributed by atoms with van der Waals surface area (Å²) in [5.41, 5.74) is 2.21. The number of carbonyl (C=O) groups excluding carboxylic acids is 1. The van der Waals surface area contributed by atoms with E-state index in [2.05, 4.69) is 37.2 Å². The Hall–Kier alpha value is -2.64. The summed E-state index contributed by atoms with van der Waals surface area (Å²) < 4.78 is 7.19. The van der Waals surface area contributed by atoms with Crippen molar-refractivity contribution in [2.45, 2.75) is 19.1 Å². The van der Waals surface area contributed by atoms with E-state index in [0.29, 0.717) is 17.9 Å². The van der Waals surface area contributed by atoms with Gasteiger partial charge in [-0.2, -0.15) is 0 Å². The van der Waals surface area contributed by atoms with Gasteiger partial charge in [-0.05, 0) is 41.5 Å². The number of aliphatic carboxylic acids is 1. The normalized spacial score (nSPS) is 11.5. The fourth-order valence-corrected chi connectivity index (χ4v) is 4.12. The van der Waals surface area contributed by atoms with Gasteiger partial charge in [-0.1, -0.05) is 74.3 Å². The van der Waals surface area contributed by atoms with Crippen LogP contribution in [0.4, 0.5) is 0 Å². The number of hydrogen-bond acceptors (Lipinski definition) is 3. The molecule has 3 aromatic carbocycles. The fourth-order valence-electron chi connectivity index (χ4n) is 2.82. The van der Waals surface area contributed by atoms with Crippen molar-refractivity contribution in [3.63, 3.8) is 0 Å². The van der Waals surface area contributed by atoms with Crippen molar-refractivity contribution in [2.75, 3.05) is 0 Å². The summed E-state index contributed by atoms with van der Waals surface area (Å²) in [5, 5.41) is 12.1. The maximum atomic E-state index is 12.5. The monoisotopic (exact) mass is 531 g/mol. The van der Waals surface area contributed by atoms with E-state index in [0.717, 1.165) is 20.1 Å². The Morgan fingerprint density at radius 1 is 0.900 bits per heavy atom. The SMILES string of the molecule is O=C(N[C@H](Cc1ccc(OCc2ccccc2)cc1)C(=O)O)c1cc(Br)cc(Br)c1. The predicted molar refractivity (Wildman–Crippen MR) is 122 cm³/mol. The number of nitrogens with one attached hydrogen (secondary N) is 1. The van der Waals surface area contributed by atoms with E-state index in [1.165, 1.54) is 0 Å². The Balaban J connectivity index is 1.62. The van der Waals surface area contributed by atoms with Gasteiger partial charge in [0.15, 0.2) is 0 Å². The molecule has 0 aliphatic heterocycles. The van der Waals surface area contributed by atoms with Gasteiger partial charge in [0, 0.05) is 20.9 Å². The van der Waals surface area contributed by atoms with Crippen molar-refractivity contribution in [3.05, 3.63) is 98.4 Å². The summed E-state index contributed by atoms with van der Waals surface area (Å²) in [6.45, 7) is 0.455. The molecule has 0 aliphatic rings. The van der Waals surface area contributed by atoms with Gasteiger partial charge in [0.1, 0.15) is 18.4 Å². The molecule has 1 atom stereocenters. The number of ether oxygens (including phenoxy) is 1. The zero-order valence-electron chi connectivity index (χ0n) is 15.8. The first-order valence-electron chi connectivity index (χ1n) is 9.16. The van der Waals surface area contributed by atoms with E-state index in [-0.39, 0.29) is 6.42 Å². The summed E-state index contributed by atoms with van der Waals surface area (Å²) in [7, 11) is 0. The van der Waals surface area contributed by atoms with Crippen LogP contribution in [0.3, 0.4) is 0 Å². The molecular formula is C23H19Br2NO4. The second kappa shape index (κ2) is 10.4. The second-order valence-corrected chi connectivity index (χ2v) is 8.48. The van der Waals surface area contributed by atoms with Gasteiger partial charge < -0.3 is 15.2 Å². The van der Waals surface area contributed by atoms with Crippen LogP contribution in [-0.2, 0) is 17.8 Å². The number of carbonyl (C=O) groups is 2. The molecule has 0 heterocycles. The van der Waals surface area contributed by atoms with E-state index < -0.39 is 17.9 Å². The highest BCUT2D eigenvalue weighted by Crippen LogP contribution is 2.20. The van der Waals surface area contributed by atoms with Gasteiger partial charge in [0.25, 0.3) is 5.91 Å². The average Bonchev–Trinajstić information content (AvgIpc) is 2.72. The van der Waals surface area contributed by atoms with Crippen molar-refractivity contribution in [2.24, 2.45) is 0 Å². The topological polar surface area (TPSA) is 75.6 Å². The van der Waals surface area contributed by atoms with Gasteiger partial charge in [0.05, 0.1) is 0 Å². The molecule has 0 saturated carbocycles. The average molecular weight is 533 g/mol. The molecule has 154 valence electrons. The third kappa shape index (κ3) is 6.43. The van der Waals surface area contributed by atoms with Crippen LogP contribution in [0.15, 0.2) is 81.7 Å². The molecule has 0 fully saturated rings. The van der Waals surface area contributed by atoms with Gasteiger partial charge >= 0.3 is 5.97 Å². The van der Waals surface area contributed by atoms with Crippen LogP contribution in [0, 0.1) is 0 Å². The first kappa shape index (κ1) is 22.1. The van der Waals surface area contributed by atoms with Crippen molar-refractivity contribution in [1.82, 2.24) is 5.32 Å². The van der Waals surface area contributed by atoms with E-state index >= 15 is 0 Å². The smallest absolute Gasteiger partial charge is 0.326 e. The summed E-state index contributed by atoms with van der Waals surface area (Å²) in [6.07, 6.45) is 0.162. The van der Waals surface area contributed by atoms with Crippen molar-refractivity contribution >= 4 is 43.7 Å². The van der Waals surface area contributed by atoms with Gasteiger partial charge in [-0.25, -0.2) is 4.79 Å². The maximum absolute atomic E-state index is 12.5. The molecule has 3 aromatic rings. The molecule has 1 amide bonds. The number of carboxylic acid groups (broad SMARTS) is 1. The number of rotatable bonds is 8. The number of amides is 1. The summed E-state index contributed by atoms with van der Waals surface area (Å²) >= 11 is 6.65. The highest BCUT2D eigenvalue weighted by molar-refractivity contribution is 9.11. The Labute approximate surface area is 191 Å². The Bertz CT molecular complexity index is 1000. The largest absolute Gasteiger partial charge is 0.489 e. The molecular weight excluding hydrogens is 514 g/mol. The second-order valence-electron chi connectivity index (χ2n) is 6.64. The Morgan fingerprint density at radius 3 is 2.13 bits per heavy atom. The molecule has 0 spiro atoms. The number of halogens is 2. The van der Waals surface area contributed by atoms with Crippen molar-refractivity contribution < 1.29 is 19.4 Å². The molecule has 30 heavy (non-hydrogen) atoms. The summed E-state index contributed by atoms with van der Waals surface area (Å²) in [4.78, 5) is 24.2. The van der Waals surface area contributed by atoms with Crippen LogP contribution < -0.4 is 10.1 Å². The van der Waals surface area contributed by atoms with E-state index in [4.69, 9.17) is 4.74 Å². The zero-order chi connectivity index (χ0) is 21.5. The molecule has 3 rings (SSSR count). The van der Waals surface area contributed by atoms with Crippen LogP contribution in [0.5, 0.6) is 5.75 Å². The zero-order valence-corrected chi connectivity index (χ0v) is 19.0. The van der Waals surface area contributed by atoms with Crippen LogP contribution in [-0.4, -0.2) is 23.0 Å². The van der Waals surface area contributed by atoms with Crippen molar-refractivity contribution in [3.8, 4) is 5.75 Å². The van der Waals surface area contributed by atoms with Crippen LogP contribution >= 0.6 is 31.9 Å². The minimum atomic E-state index is -1.10. The first-order valence-corrected chi connectivity index (χ1v) is 10.7. The number of carboxylic acids is 1. The molecule has 7 heteroatoms. The lowest BCUT2D eigenvalue weighted by Gasteiger charge is -2.15. The molecule has 0 unspecified atom stereocenters. The fraction of sp³-hybridized carbons (Fsp3) is 0.130. The van der Waals surface area contributed by atoms with Gasteiger partial charge in [-0.3, -0.25) is 4.79 Å². The molecule has 0 saturated heterocycles. The lowest BCUT2D eigenvalue weighted by atomic mass is 10.1. The number of hydrogen-bond donors (Lipinski definition) is 2. The highest BCUT2D eigenvalue weighted by atomic mass is 79.9. The highest BCUT2D eigenvalue weighted by Gasteiger charge is 2.21. The third-order valence-electron chi connectivity index (χ3n) is 4.34. The minimum Gasteiger partial charge on any atom is -0.489 e. The predicted octanol–water partition coefficient (Wildman–Crippen LogP) is 5.22. The van der Waals surface area contributed by atoms with Gasteiger partial charge in [0.2, 0.25) is 0 Å². The molecule has 0 aliphatic carbocycles. The van der Waals surface area contributed by atoms with Crippen molar-refractivity contribution in [1.29, 1.82) is 0 Å². The lowest BCUT2D eigenvalue weighted by molar-refractivity contribution is -0.139. The van der Waals surface area contributed by atoms with Crippen LogP contribution in [0.25, 0.3) is 0 Å². The van der Waals surface area contributed by atoms with E-state index in [1.54, 1.807) is 42.5 Å². The van der Waals surface area contributed by atoms with E-state index in [9.17, 15) is 14.7 Å². The molecule has 5 nitrogen and oxygen atoms in total. The maximum Gasteiger partial charge on any atom is 0.326 e. The first-order chi connectivity index (χ1) is 14.4. The van der Waals surface area contributed by atoms with Gasteiger partial charge in [-0.15, -0.1) is 0 Å². The Morgan fingerprint density at radius 2 is 1.53 bits per heavy atom. The standard InChI is InChI=1S/C23H19Br2NO4/c24-18-11-17(12-19(25)13-18)22(27)26-21(23(28)29)10-15-6-8-20(9-7-15)30-14-16-4-2-1-3-5-16/h1-9,11-13,21H,10,14H2,(H,26,27)(H,28,29)/t21-/m1/s1. The minimum absolute atomic E-state index is 0.162. The quantitative estimate of drug-likeness (QED) is 0.417. The summed E-state index contributed by atoms with van der Waals surface area (Å²) in [6, 6.07) is 21.0. The molecule has 0 bridgehead atoms. The molecule has 0 radical (unpaired) electrons. The number of benzene rings is 3. The molecule has 0 aromatic heterocycles. The lowest BCUT2D eigenvalue weighted by Crippen LogP contribution is -2.42. The third-order valence-corrected chi connectivity index (χ3v) is 5.26.